The Morgan fingerprint density at radius 2 is 1.13 bits per heavy atom. The maximum Gasteiger partial charge on any atom is 0.460 e. The van der Waals surface area contributed by atoms with Crippen molar-refractivity contribution >= 4 is 6.47 Å². The molecule has 0 aliphatic rings. The predicted octanol–water partition coefficient (Wildman–Crippen LogP) is 6.03. The van der Waals surface area contributed by atoms with Gasteiger partial charge in [-0.1, -0.05) is 30.3 Å². The normalized spacial score (nSPS) is 15.6. The fraction of sp³-hybridized carbons (Fsp3) is 0.533. The molecule has 0 aliphatic carbocycles. The van der Waals surface area contributed by atoms with E-state index in [1.807, 2.05) is 0 Å². The van der Waals surface area contributed by atoms with Gasteiger partial charge in [-0.3, -0.25) is 4.79 Å². The molecule has 2 nitrogen and oxygen atoms in total. The first-order valence-electron chi connectivity index (χ1n) is 7.38. The van der Waals surface area contributed by atoms with E-state index in [0.717, 1.165) is 24.3 Å². The Bertz CT molecular complexity index is 728. The molecule has 0 saturated heterocycles. The van der Waals surface area contributed by atoms with E-state index in [4.69, 9.17) is 0 Å². The number of ether oxygens (including phenoxy) is 1. The molecule has 0 saturated carbocycles. The molecule has 1 atom stereocenters. The average Bonchev–Trinajstić information content (AvgIpc) is 2.60. The Kier molecular flexibility index (Phi) is 6.71. The van der Waals surface area contributed by atoms with Gasteiger partial charge in [0.05, 0.1) is 6.42 Å². The Hall–Kier alpha value is -2.22. The van der Waals surface area contributed by atoms with Gasteiger partial charge >= 0.3 is 35.8 Å². The van der Waals surface area contributed by atoms with E-state index < -0.39 is 60.3 Å². The summed E-state index contributed by atoms with van der Waals surface area (Å²) in [6.45, 7) is -0.587. The lowest BCUT2D eigenvalue weighted by Gasteiger charge is -2.40. The molecule has 1 aromatic carbocycles. The summed E-state index contributed by atoms with van der Waals surface area (Å²) in [6, 6.07) is 5.15. The van der Waals surface area contributed by atoms with Crippen molar-refractivity contribution in [1.82, 2.24) is 0 Å². The van der Waals surface area contributed by atoms with Crippen molar-refractivity contribution in [2.75, 3.05) is 0 Å². The van der Waals surface area contributed by atoms with Crippen molar-refractivity contribution in [2.24, 2.45) is 0 Å². The van der Waals surface area contributed by atoms with Crippen molar-refractivity contribution in [3.05, 3.63) is 35.9 Å². The molecule has 0 amide bonds. The van der Waals surface area contributed by atoms with Crippen molar-refractivity contribution in [3.63, 3.8) is 0 Å². The highest BCUT2D eigenvalue weighted by Crippen LogP contribution is 2.61. The molecule has 0 aliphatic heterocycles. The van der Waals surface area contributed by atoms with Crippen LogP contribution in [0.1, 0.15) is 18.1 Å². The Balaban J connectivity index is 3.42. The van der Waals surface area contributed by atoms with Gasteiger partial charge in [0, 0.05) is 0 Å². The third-order valence-corrected chi connectivity index (χ3v) is 3.83. The van der Waals surface area contributed by atoms with E-state index in [-0.39, 0.29) is 0 Å². The molecule has 0 fully saturated rings. The summed E-state index contributed by atoms with van der Waals surface area (Å²) in [5.74, 6) is -37.4. The van der Waals surface area contributed by atoms with E-state index in [1.165, 1.54) is 6.07 Å². The fourth-order valence-corrected chi connectivity index (χ4v) is 2.14. The topological polar surface area (TPSA) is 26.3 Å². The van der Waals surface area contributed by atoms with Gasteiger partial charge in [0.2, 0.25) is 0 Å². The molecule has 0 radical (unpaired) electrons. The van der Waals surface area contributed by atoms with Crippen LogP contribution in [0.25, 0.3) is 0 Å². The lowest BCUT2D eigenvalue weighted by Crippen LogP contribution is -2.70. The number of benzene rings is 1. The van der Waals surface area contributed by atoms with Crippen LogP contribution in [0.3, 0.4) is 0 Å². The molecule has 30 heavy (non-hydrogen) atoms. The number of hydrogen-bond donors (Lipinski definition) is 0. The van der Waals surface area contributed by atoms with Gasteiger partial charge in [0.25, 0.3) is 6.47 Å². The lowest BCUT2D eigenvalue weighted by molar-refractivity contribution is -0.440. The van der Waals surface area contributed by atoms with E-state index in [1.54, 1.807) is 0 Å². The number of rotatable bonds is 9. The monoisotopic (exact) mass is 468 g/mol. The van der Waals surface area contributed by atoms with Crippen molar-refractivity contribution in [1.29, 1.82) is 0 Å². The molecular weight excluding hydrogens is 459 g/mol. The zero-order chi connectivity index (χ0) is 23.8. The number of carbonyl (C=O) groups is 1. The summed E-state index contributed by atoms with van der Waals surface area (Å²) in [5.41, 5.74) is -0.518. The van der Waals surface area contributed by atoms with Crippen molar-refractivity contribution in [2.45, 2.75) is 48.3 Å². The molecule has 0 spiro atoms. The fourth-order valence-electron chi connectivity index (χ4n) is 2.14. The molecule has 15 heteroatoms. The molecule has 0 N–H and O–H groups in total. The van der Waals surface area contributed by atoms with Crippen LogP contribution in [-0.2, 0) is 9.53 Å². The SMILES string of the molecule is O=COC(CC(F)(F)C(F)(F)C(F)(F)C(F)(F)C(F)(F)C(F)(F)F)c1ccccc1. The van der Waals surface area contributed by atoms with E-state index in [2.05, 4.69) is 4.74 Å². The van der Waals surface area contributed by atoms with Gasteiger partial charge in [-0.15, -0.1) is 0 Å². The number of hydrogen-bond acceptors (Lipinski definition) is 2. The van der Waals surface area contributed by atoms with Crippen molar-refractivity contribution < 1.29 is 66.6 Å². The van der Waals surface area contributed by atoms with Gasteiger partial charge in [0.15, 0.2) is 0 Å². The zero-order valence-corrected chi connectivity index (χ0v) is 14.0. The van der Waals surface area contributed by atoms with Crippen LogP contribution < -0.4 is 0 Å². The predicted molar refractivity (Wildman–Crippen MR) is 71.7 cm³/mol. The molecule has 1 unspecified atom stereocenters. The maximum absolute atomic E-state index is 13.9. The quantitative estimate of drug-likeness (QED) is 0.327. The largest absolute Gasteiger partial charge is 0.460 e. The third kappa shape index (κ3) is 4.02. The maximum atomic E-state index is 13.9. The first-order chi connectivity index (χ1) is 13.3. The van der Waals surface area contributed by atoms with Gasteiger partial charge in [0.1, 0.15) is 6.10 Å². The highest BCUT2D eigenvalue weighted by Gasteiger charge is 2.90. The summed E-state index contributed by atoms with van der Waals surface area (Å²) in [6.07, 6.45) is -12.6. The van der Waals surface area contributed by atoms with Gasteiger partial charge in [-0.05, 0) is 5.56 Å². The molecular formula is C15H9F13O2. The summed E-state index contributed by atoms with van der Waals surface area (Å²) >= 11 is 0. The third-order valence-electron chi connectivity index (χ3n) is 3.83. The highest BCUT2D eigenvalue weighted by atomic mass is 19.4. The summed E-state index contributed by atoms with van der Waals surface area (Å²) in [7, 11) is 0. The van der Waals surface area contributed by atoms with Crippen molar-refractivity contribution in [3.8, 4) is 0 Å². The lowest BCUT2D eigenvalue weighted by atomic mass is 9.90. The van der Waals surface area contributed by atoms with E-state index in [0.29, 0.717) is 0 Å². The number of carbonyl (C=O) groups excluding carboxylic acids is 1. The first-order valence-corrected chi connectivity index (χ1v) is 7.38. The molecule has 1 aromatic rings. The summed E-state index contributed by atoms with van der Waals surface area (Å²) in [4.78, 5) is 10.4. The Labute approximate surface area is 158 Å². The van der Waals surface area contributed by atoms with Crippen LogP contribution in [0.4, 0.5) is 57.1 Å². The van der Waals surface area contributed by atoms with Gasteiger partial charge in [-0.2, -0.15) is 57.1 Å². The van der Waals surface area contributed by atoms with Gasteiger partial charge in [-0.25, -0.2) is 0 Å². The standard InChI is InChI=1S/C15H9F13O2/c16-10(17,6-9(30-7-29)8-4-2-1-3-5-8)11(18,19)12(20,21)13(22,23)14(24,25)15(26,27)28/h1-5,7,9H,6H2. The highest BCUT2D eigenvalue weighted by molar-refractivity contribution is 5.38. The van der Waals surface area contributed by atoms with Crippen LogP contribution in [-0.4, -0.2) is 42.3 Å². The van der Waals surface area contributed by atoms with E-state index >= 15 is 0 Å². The molecule has 0 heterocycles. The molecule has 0 aromatic heterocycles. The average molecular weight is 468 g/mol. The number of halogens is 13. The Morgan fingerprint density at radius 3 is 1.53 bits per heavy atom. The Morgan fingerprint density at radius 1 is 0.700 bits per heavy atom. The number of alkyl halides is 13. The molecule has 172 valence electrons. The molecule has 0 bridgehead atoms. The van der Waals surface area contributed by atoms with E-state index in [9.17, 15) is 61.9 Å². The van der Waals surface area contributed by atoms with Crippen LogP contribution in [0.2, 0.25) is 0 Å². The molecule has 1 rings (SSSR count). The minimum atomic E-state index is -7.97. The summed E-state index contributed by atoms with van der Waals surface area (Å²) < 4.78 is 174. The second-order valence-corrected chi connectivity index (χ2v) is 5.84. The minimum Gasteiger partial charge on any atom is -0.459 e. The second kappa shape index (κ2) is 7.80. The summed E-state index contributed by atoms with van der Waals surface area (Å²) in [5, 5.41) is 0. The minimum absolute atomic E-state index is 0.518. The van der Waals surface area contributed by atoms with Crippen LogP contribution in [0.15, 0.2) is 30.3 Å². The van der Waals surface area contributed by atoms with Gasteiger partial charge < -0.3 is 4.74 Å². The zero-order valence-electron chi connectivity index (χ0n) is 14.0. The van der Waals surface area contributed by atoms with Crippen LogP contribution in [0.5, 0.6) is 0 Å². The van der Waals surface area contributed by atoms with Crippen LogP contribution >= 0.6 is 0 Å². The van der Waals surface area contributed by atoms with Crippen LogP contribution in [0, 0.1) is 0 Å². The first kappa shape index (κ1) is 25.8. The second-order valence-electron chi connectivity index (χ2n) is 5.84. The smallest absolute Gasteiger partial charge is 0.459 e.